The van der Waals surface area contributed by atoms with Gasteiger partial charge in [0.25, 0.3) is 5.91 Å². The lowest BCUT2D eigenvalue weighted by Crippen LogP contribution is -2.12. The van der Waals surface area contributed by atoms with E-state index in [9.17, 15) is 28.1 Å². The molecule has 0 aliphatic rings. The Morgan fingerprint density at radius 3 is 2.19 bits per heavy atom. The molecule has 1 amide bonds. The predicted molar refractivity (Wildman–Crippen MR) is 67.4 cm³/mol. The Morgan fingerprint density at radius 1 is 1.05 bits per heavy atom. The molecule has 8 heteroatoms. The summed E-state index contributed by atoms with van der Waals surface area (Å²) in [5.41, 5.74) is -1.15. The summed E-state index contributed by atoms with van der Waals surface area (Å²) in [4.78, 5) is 21.3. The quantitative estimate of drug-likeness (QED) is 0.698. The number of nitro groups is 1. The second-order valence-corrected chi connectivity index (χ2v) is 4.04. The Hall–Kier alpha value is -2.90. The van der Waals surface area contributed by atoms with Gasteiger partial charge in [0.1, 0.15) is 11.6 Å². The van der Waals surface area contributed by atoms with Gasteiger partial charge in [0, 0.05) is 23.4 Å². The molecule has 2 aromatic rings. The summed E-state index contributed by atoms with van der Waals surface area (Å²) in [6.45, 7) is 0. The van der Waals surface area contributed by atoms with Gasteiger partial charge in [-0.25, -0.2) is 8.78 Å². The third-order valence-electron chi connectivity index (χ3n) is 2.53. The van der Waals surface area contributed by atoms with Crippen molar-refractivity contribution in [2.75, 3.05) is 5.32 Å². The van der Waals surface area contributed by atoms with Gasteiger partial charge in [-0.1, -0.05) is 0 Å². The highest BCUT2D eigenvalue weighted by molar-refractivity contribution is 6.04. The third-order valence-corrected chi connectivity index (χ3v) is 2.53. The third kappa shape index (κ3) is 3.35. The highest BCUT2D eigenvalue weighted by Crippen LogP contribution is 2.19. The van der Waals surface area contributed by atoms with Gasteiger partial charge in [0.05, 0.1) is 4.92 Å². The number of hydrogen-bond donors (Lipinski definition) is 1. The first-order valence-corrected chi connectivity index (χ1v) is 5.58. The maximum atomic E-state index is 13.4. The molecule has 0 heterocycles. The van der Waals surface area contributed by atoms with Gasteiger partial charge in [-0.3, -0.25) is 14.9 Å². The molecule has 0 unspecified atom stereocenters. The van der Waals surface area contributed by atoms with Gasteiger partial charge in [-0.05, 0) is 24.3 Å². The maximum absolute atomic E-state index is 13.4. The molecule has 1 N–H and O–H groups in total. The van der Waals surface area contributed by atoms with Gasteiger partial charge in [-0.15, -0.1) is 0 Å². The zero-order chi connectivity index (χ0) is 15.6. The fourth-order valence-electron chi connectivity index (χ4n) is 1.63. The molecule has 0 bridgehead atoms. The van der Waals surface area contributed by atoms with Gasteiger partial charge in [0.2, 0.25) is 5.82 Å². The maximum Gasteiger partial charge on any atom is 0.304 e. The standard InChI is InChI=1S/C13H7F3N2O3/c14-8-4-9(15)6-10(5-8)17-13(19)7-1-2-12(18(20)21)11(16)3-7/h1-6H,(H,17,19). The minimum Gasteiger partial charge on any atom is -0.322 e. The van der Waals surface area contributed by atoms with Crippen LogP contribution in [0.4, 0.5) is 24.5 Å². The largest absolute Gasteiger partial charge is 0.322 e. The van der Waals surface area contributed by atoms with Gasteiger partial charge in [-0.2, -0.15) is 4.39 Å². The summed E-state index contributed by atoms with van der Waals surface area (Å²) >= 11 is 0. The van der Waals surface area contributed by atoms with E-state index in [4.69, 9.17) is 0 Å². The van der Waals surface area contributed by atoms with E-state index in [1.54, 1.807) is 0 Å². The smallest absolute Gasteiger partial charge is 0.304 e. The van der Waals surface area contributed by atoms with Crippen molar-refractivity contribution in [1.29, 1.82) is 0 Å². The Labute approximate surface area is 116 Å². The predicted octanol–water partition coefficient (Wildman–Crippen LogP) is 3.26. The van der Waals surface area contributed by atoms with Crippen molar-refractivity contribution in [3.05, 3.63) is 69.5 Å². The zero-order valence-electron chi connectivity index (χ0n) is 10.3. The Kier molecular flexibility index (Phi) is 3.88. The summed E-state index contributed by atoms with van der Waals surface area (Å²) in [6, 6.07) is 4.92. The van der Waals surface area contributed by atoms with Gasteiger partial charge in [0.15, 0.2) is 0 Å². The second-order valence-electron chi connectivity index (χ2n) is 4.04. The van der Waals surface area contributed by atoms with Crippen LogP contribution in [-0.2, 0) is 0 Å². The summed E-state index contributed by atoms with van der Waals surface area (Å²) in [5.74, 6) is -3.81. The SMILES string of the molecule is O=C(Nc1cc(F)cc(F)c1)c1ccc([N+](=O)[O-])c(F)c1. The molecule has 5 nitrogen and oxygen atoms in total. The first kappa shape index (κ1) is 14.5. The monoisotopic (exact) mass is 296 g/mol. The highest BCUT2D eigenvalue weighted by atomic mass is 19.1. The van der Waals surface area contributed by atoms with Crippen LogP contribution in [0.25, 0.3) is 0 Å². The molecule has 0 aliphatic carbocycles. The van der Waals surface area contributed by atoms with Crippen molar-refractivity contribution in [2.24, 2.45) is 0 Å². The Balaban J connectivity index is 2.24. The fourth-order valence-corrected chi connectivity index (χ4v) is 1.63. The number of hydrogen-bond acceptors (Lipinski definition) is 3. The van der Waals surface area contributed by atoms with Crippen LogP contribution in [0.1, 0.15) is 10.4 Å². The lowest BCUT2D eigenvalue weighted by atomic mass is 10.2. The van der Waals surface area contributed by atoms with Crippen molar-refractivity contribution in [2.45, 2.75) is 0 Å². The molecule has 0 fully saturated rings. The van der Waals surface area contributed by atoms with E-state index in [1.165, 1.54) is 0 Å². The number of carbonyl (C=O) groups excluding carboxylic acids is 1. The van der Waals surface area contributed by atoms with Gasteiger partial charge < -0.3 is 5.32 Å². The van der Waals surface area contributed by atoms with Gasteiger partial charge >= 0.3 is 5.69 Å². The number of nitro benzene ring substituents is 1. The van der Waals surface area contributed by atoms with Crippen LogP contribution in [-0.4, -0.2) is 10.8 Å². The summed E-state index contributed by atoms with van der Waals surface area (Å²) in [5, 5.41) is 12.6. The summed E-state index contributed by atoms with van der Waals surface area (Å²) in [6.07, 6.45) is 0. The van der Waals surface area contributed by atoms with E-state index >= 15 is 0 Å². The molecule has 0 saturated carbocycles. The average molecular weight is 296 g/mol. The first-order chi connectivity index (χ1) is 9.86. The van der Waals surface area contributed by atoms with E-state index in [1.807, 2.05) is 0 Å². The molecular formula is C13H7F3N2O3. The van der Waals surface area contributed by atoms with Crippen molar-refractivity contribution in [3.8, 4) is 0 Å². The Morgan fingerprint density at radius 2 is 1.67 bits per heavy atom. The topological polar surface area (TPSA) is 72.2 Å². The highest BCUT2D eigenvalue weighted by Gasteiger charge is 2.17. The minimum absolute atomic E-state index is 0.156. The van der Waals surface area contributed by atoms with Crippen LogP contribution in [0.15, 0.2) is 36.4 Å². The number of carbonyl (C=O) groups is 1. The molecule has 0 spiro atoms. The number of nitrogens with zero attached hydrogens (tertiary/aromatic N) is 1. The van der Waals surface area contributed by atoms with Crippen molar-refractivity contribution in [3.63, 3.8) is 0 Å². The van der Waals surface area contributed by atoms with Crippen LogP contribution in [0.3, 0.4) is 0 Å². The van der Waals surface area contributed by atoms with Crippen LogP contribution in [0, 0.1) is 27.6 Å². The molecule has 0 atom stereocenters. The molecule has 108 valence electrons. The molecular weight excluding hydrogens is 289 g/mol. The summed E-state index contributed by atoms with van der Waals surface area (Å²) in [7, 11) is 0. The van der Waals surface area contributed by atoms with Crippen LogP contribution in [0.5, 0.6) is 0 Å². The molecule has 21 heavy (non-hydrogen) atoms. The molecule has 0 saturated heterocycles. The van der Waals surface area contributed by atoms with Crippen molar-refractivity contribution < 1.29 is 22.9 Å². The van der Waals surface area contributed by atoms with Crippen molar-refractivity contribution >= 4 is 17.3 Å². The lowest BCUT2D eigenvalue weighted by Gasteiger charge is -2.06. The number of benzene rings is 2. The molecule has 2 aromatic carbocycles. The normalized spacial score (nSPS) is 10.2. The molecule has 0 aromatic heterocycles. The number of halogens is 3. The van der Waals surface area contributed by atoms with E-state index in [0.717, 1.165) is 24.3 Å². The number of amides is 1. The first-order valence-electron chi connectivity index (χ1n) is 5.58. The molecule has 0 aliphatic heterocycles. The van der Waals surface area contributed by atoms with Crippen molar-refractivity contribution in [1.82, 2.24) is 0 Å². The molecule has 2 rings (SSSR count). The van der Waals surface area contributed by atoms with E-state index in [-0.39, 0.29) is 11.3 Å². The average Bonchev–Trinajstić information content (AvgIpc) is 2.36. The van der Waals surface area contributed by atoms with Crippen LogP contribution >= 0.6 is 0 Å². The second kappa shape index (κ2) is 5.61. The van der Waals surface area contributed by atoms with E-state index in [0.29, 0.717) is 12.1 Å². The lowest BCUT2D eigenvalue weighted by molar-refractivity contribution is -0.387. The number of nitrogens with one attached hydrogen (secondary N) is 1. The molecule has 0 radical (unpaired) electrons. The Bertz CT molecular complexity index is 714. The number of rotatable bonds is 3. The fraction of sp³-hybridized carbons (Fsp3) is 0. The van der Waals surface area contributed by atoms with Crippen LogP contribution in [0.2, 0.25) is 0 Å². The zero-order valence-corrected chi connectivity index (χ0v) is 10.3. The number of anilines is 1. The van der Waals surface area contributed by atoms with Crippen LogP contribution < -0.4 is 5.32 Å². The van der Waals surface area contributed by atoms with E-state index in [2.05, 4.69) is 5.32 Å². The minimum atomic E-state index is -1.18. The summed E-state index contributed by atoms with van der Waals surface area (Å²) < 4.78 is 39.3. The van der Waals surface area contributed by atoms with E-state index < -0.39 is 34.0 Å².